The van der Waals surface area contributed by atoms with Crippen LogP contribution in [0.4, 0.5) is 0 Å². The second-order valence-corrected chi connectivity index (χ2v) is 8.97. The molecule has 3 rings (SSSR count). The molecular formula is C28H25NOS. The molecule has 0 heterocycles. The molecule has 3 heteroatoms. The number of hydrogen-bond donors (Lipinski definition) is 0. The summed E-state index contributed by atoms with van der Waals surface area (Å²) < 4.78 is 13.5. The third kappa shape index (κ3) is 5.02. The lowest BCUT2D eigenvalue weighted by Gasteiger charge is -2.28. The van der Waals surface area contributed by atoms with Gasteiger partial charge in [0.25, 0.3) is 0 Å². The fourth-order valence-electron chi connectivity index (χ4n) is 3.58. The largest absolute Gasteiger partial charge is 0.249 e. The van der Waals surface area contributed by atoms with E-state index >= 15 is 0 Å². The zero-order valence-corrected chi connectivity index (χ0v) is 18.7. The SMILES string of the molecule is C=C(C[C@](C#N)(CC#CC)c1ccccc1S(=O)c1ccc(C)cc1)c1ccccc1. The van der Waals surface area contributed by atoms with E-state index in [1.165, 1.54) is 0 Å². The van der Waals surface area contributed by atoms with Crippen LogP contribution in [0.2, 0.25) is 0 Å². The molecule has 0 aromatic heterocycles. The Hall–Kier alpha value is -3.40. The predicted molar refractivity (Wildman–Crippen MR) is 128 cm³/mol. The topological polar surface area (TPSA) is 40.9 Å². The van der Waals surface area contributed by atoms with Crippen molar-refractivity contribution in [1.29, 1.82) is 5.26 Å². The van der Waals surface area contributed by atoms with Gasteiger partial charge in [-0.3, -0.25) is 0 Å². The first-order valence-corrected chi connectivity index (χ1v) is 11.3. The van der Waals surface area contributed by atoms with Gasteiger partial charge < -0.3 is 0 Å². The highest BCUT2D eigenvalue weighted by Crippen LogP contribution is 2.40. The minimum absolute atomic E-state index is 0.341. The molecule has 31 heavy (non-hydrogen) atoms. The standard InChI is InChI=1S/C28H25NOS/c1-4-5-19-28(21-29,20-23(3)24-11-7-6-8-12-24)26-13-9-10-14-27(26)31(30)25-17-15-22(2)16-18-25/h6-18H,3,19-20H2,1-2H3/t28-,31?/m0/s1. The average molecular weight is 424 g/mol. The Balaban J connectivity index is 2.10. The molecule has 2 nitrogen and oxygen atoms in total. The van der Waals surface area contributed by atoms with Gasteiger partial charge in [-0.15, -0.1) is 11.8 Å². The number of aryl methyl sites for hydroxylation is 1. The van der Waals surface area contributed by atoms with Gasteiger partial charge in [0.05, 0.1) is 22.3 Å². The van der Waals surface area contributed by atoms with Crippen LogP contribution in [0.3, 0.4) is 0 Å². The minimum Gasteiger partial charge on any atom is -0.249 e. The van der Waals surface area contributed by atoms with E-state index in [2.05, 4.69) is 24.5 Å². The van der Waals surface area contributed by atoms with Crippen molar-refractivity contribution in [2.75, 3.05) is 0 Å². The average Bonchev–Trinajstić information content (AvgIpc) is 2.82. The molecule has 0 amide bonds. The Morgan fingerprint density at radius 2 is 1.65 bits per heavy atom. The molecule has 3 aromatic carbocycles. The Labute approximate surface area is 187 Å². The van der Waals surface area contributed by atoms with Gasteiger partial charge in [0.15, 0.2) is 0 Å². The highest BCUT2D eigenvalue weighted by atomic mass is 32.2. The molecule has 0 spiro atoms. The second kappa shape index (κ2) is 10.1. The van der Waals surface area contributed by atoms with Crippen LogP contribution >= 0.6 is 0 Å². The fourth-order valence-corrected chi connectivity index (χ4v) is 4.89. The summed E-state index contributed by atoms with van der Waals surface area (Å²) in [5.74, 6) is 6.02. The second-order valence-electron chi connectivity index (χ2n) is 7.52. The summed E-state index contributed by atoms with van der Waals surface area (Å²) in [6.45, 7) is 8.03. The quantitative estimate of drug-likeness (QED) is 0.410. The third-order valence-corrected chi connectivity index (χ3v) is 6.77. The van der Waals surface area contributed by atoms with Crippen LogP contribution in [-0.4, -0.2) is 4.21 Å². The first-order valence-electron chi connectivity index (χ1n) is 10.1. The van der Waals surface area contributed by atoms with Crippen molar-refractivity contribution in [1.82, 2.24) is 0 Å². The van der Waals surface area contributed by atoms with Crippen molar-refractivity contribution in [2.45, 2.75) is 41.9 Å². The molecular weight excluding hydrogens is 398 g/mol. The zero-order chi connectivity index (χ0) is 22.3. The lowest BCUT2D eigenvalue weighted by molar-refractivity contribution is 0.568. The van der Waals surface area contributed by atoms with Gasteiger partial charge in [0.2, 0.25) is 0 Å². The van der Waals surface area contributed by atoms with E-state index < -0.39 is 16.2 Å². The molecule has 0 aliphatic heterocycles. The summed E-state index contributed by atoms with van der Waals surface area (Å²) in [6.07, 6.45) is 0.748. The molecule has 0 aliphatic carbocycles. The predicted octanol–water partition coefficient (Wildman–Crippen LogP) is 6.44. The summed E-state index contributed by atoms with van der Waals surface area (Å²) in [7, 11) is -1.41. The van der Waals surface area contributed by atoms with Gasteiger partial charge in [-0.25, -0.2) is 4.21 Å². The number of hydrogen-bond acceptors (Lipinski definition) is 2. The van der Waals surface area contributed by atoms with Crippen molar-refractivity contribution >= 4 is 16.4 Å². The number of nitriles is 1. The lowest BCUT2D eigenvalue weighted by Crippen LogP contribution is -2.26. The van der Waals surface area contributed by atoms with E-state index in [9.17, 15) is 9.47 Å². The van der Waals surface area contributed by atoms with Crippen molar-refractivity contribution in [3.8, 4) is 17.9 Å². The summed E-state index contributed by atoms with van der Waals surface area (Å²) in [5.41, 5.74) is 2.75. The minimum atomic E-state index is -1.41. The van der Waals surface area contributed by atoms with Crippen molar-refractivity contribution in [3.05, 3.63) is 102 Å². The van der Waals surface area contributed by atoms with E-state index in [4.69, 9.17) is 0 Å². The zero-order valence-electron chi connectivity index (χ0n) is 17.9. The number of nitrogens with zero attached hydrogens (tertiary/aromatic N) is 1. The maximum Gasteiger partial charge on any atom is 0.0982 e. The van der Waals surface area contributed by atoms with E-state index in [-0.39, 0.29) is 0 Å². The van der Waals surface area contributed by atoms with Crippen LogP contribution in [0, 0.1) is 30.1 Å². The number of allylic oxidation sites excluding steroid dienone is 1. The van der Waals surface area contributed by atoms with Crippen LogP contribution < -0.4 is 0 Å². The first kappa shape index (κ1) is 22.3. The van der Waals surface area contributed by atoms with E-state index in [0.717, 1.165) is 22.3 Å². The third-order valence-electron chi connectivity index (χ3n) is 5.32. The van der Waals surface area contributed by atoms with E-state index in [0.29, 0.717) is 22.6 Å². The van der Waals surface area contributed by atoms with Crippen molar-refractivity contribution < 1.29 is 4.21 Å². The fraction of sp³-hybridized carbons (Fsp3) is 0.179. The summed E-state index contributed by atoms with van der Waals surface area (Å²) in [4.78, 5) is 1.36. The summed E-state index contributed by atoms with van der Waals surface area (Å²) in [6, 6.07) is 27.6. The monoisotopic (exact) mass is 423 g/mol. The molecule has 0 aliphatic rings. The Morgan fingerprint density at radius 1 is 1.00 bits per heavy atom. The lowest BCUT2D eigenvalue weighted by atomic mass is 9.73. The van der Waals surface area contributed by atoms with Crippen LogP contribution in [0.5, 0.6) is 0 Å². The van der Waals surface area contributed by atoms with Crippen LogP contribution in [0.15, 0.2) is 95.2 Å². The Bertz CT molecular complexity index is 1190. The Kier molecular flexibility index (Phi) is 7.24. The van der Waals surface area contributed by atoms with Gasteiger partial charge in [-0.2, -0.15) is 5.26 Å². The highest BCUT2D eigenvalue weighted by molar-refractivity contribution is 7.85. The van der Waals surface area contributed by atoms with Gasteiger partial charge in [-0.1, -0.05) is 72.8 Å². The normalized spacial score (nSPS) is 13.2. The molecule has 0 bridgehead atoms. The number of rotatable bonds is 7. The molecule has 0 N–H and O–H groups in total. The summed E-state index contributed by atoms with van der Waals surface area (Å²) in [5, 5.41) is 10.4. The molecule has 0 saturated carbocycles. The molecule has 1 unspecified atom stereocenters. The maximum absolute atomic E-state index is 13.5. The first-order chi connectivity index (χ1) is 15.0. The highest BCUT2D eigenvalue weighted by Gasteiger charge is 2.36. The van der Waals surface area contributed by atoms with E-state index in [1.807, 2.05) is 85.8 Å². The van der Waals surface area contributed by atoms with Gasteiger partial charge >= 0.3 is 0 Å². The van der Waals surface area contributed by atoms with Gasteiger partial charge in [0.1, 0.15) is 0 Å². The smallest absolute Gasteiger partial charge is 0.0982 e. The molecule has 0 radical (unpaired) electrons. The molecule has 154 valence electrons. The molecule has 3 aromatic rings. The number of benzene rings is 3. The van der Waals surface area contributed by atoms with Crippen molar-refractivity contribution in [2.24, 2.45) is 0 Å². The van der Waals surface area contributed by atoms with Crippen LogP contribution in [0.1, 0.15) is 36.5 Å². The van der Waals surface area contributed by atoms with Gasteiger partial charge in [0, 0.05) is 16.2 Å². The summed E-state index contributed by atoms with van der Waals surface area (Å²) >= 11 is 0. The van der Waals surface area contributed by atoms with Crippen LogP contribution in [0.25, 0.3) is 5.57 Å². The Morgan fingerprint density at radius 3 is 2.29 bits per heavy atom. The molecule has 0 saturated heterocycles. The molecule has 0 fully saturated rings. The van der Waals surface area contributed by atoms with Crippen LogP contribution in [-0.2, 0) is 16.2 Å². The van der Waals surface area contributed by atoms with Crippen molar-refractivity contribution in [3.63, 3.8) is 0 Å². The molecule has 2 atom stereocenters. The maximum atomic E-state index is 13.5. The van der Waals surface area contributed by atoms with Gasteiger partial charge in [-0.05, 0) is 55.2 Å². The van der Waals surface area contributed by atoms with E-state index in [1.54, 1.807) is 6.92 Å².